The summed E-state index contributed by atoms with van der Waals surface area (Å²) >= 11 is 0. The second-order valence-corrected chi connectivity index (χ2v) is 4.42. The number of hydrogen-bond donors (Lipinski definition) is 2. The number of carbonyl (C=O) groups is 2. The van der Waals surface area contributed by atoms with Crippen molar-refractivity contribution >= 4 is 11.9 Å². The molecule has 2 N–H and O–H groups in total. The van der Waals surface area contributed by atoms with Crippen LogP contribution in [-0.4, -0.2) is 24.1 Å². The average molecular weight is 261 g/mol. The van der Waals surface area contributed by atoms with E-state index < -0.39 is 11.9 Å². The standard InChI is InChI=1S/C14H15NO4/c1-8-13(14(17)18)11(7-12(16)15-8)9-3-5-10(19-2)6-4-9/h3-6,11H,7H2,1-2H3,(H,15,16)(H,17,18)/t11-/m0/s1. The van der Waals surface area contributed by atoms with Gasteiger partial charge in [0, 0.05) is 18.0 Å². The SMILES string of the molecule is COc1ccc([C@@H]2CC(=O)NC(C)=C2C(=O)O)cc1. The summed E-state index contributed by atoms with van der Waals surface area (Å²) in [6, 6.07) is 7.10. The fourth-order valence-corrected chi connectivity index (χ4v) is 2.31. The number of nitrogens with one attached hydrogen (secondary N) is 1. The normalized spacial score (nSPS) is 19.1. The largest absolute Gasteiger partial charge is 0.497 e. The summed E-state index contributed by atoms with van der Waals surface area (Å²) in [6.45, 7) is 1.61. The van der Waals surface area contributed by atoms with Crippen LogP contribution >= 0.6 is 0 Å². The van der Waals surface area contributed by atoms with Crippen molar-refractivity contribution in [3.8, 4) is 5.75 Å². The third-order valence-electron chi connectivity index (χ3n) is 3.22. The minimum Gasteiger partial charge on any atom is -0.497 e. The van der Waals surface area contributed by atoms with E-state index in [1.807, 2.05) is 0 Å². The van der Waals surface area contributed by atoms with Crippen LogP contribution < -0.4 is 10.1 Å². The number of methoxy groups -OCH3 is 1. The maximum Gasteiger partial charge on any atom is 0.333 e. The maximum absolute atomic E-state index is 11.6. The molecule has 1 aliphatic rings. The summed E-state index contributed by atoms with van der Waals surface area (Å²) < 4.78 is 5.07. The number of ether oxygens (including phenoxy) is 1. The van der Waals surface area contributed by atoms with Crippen molar-refractivity contribution in [2.45, 2.75) is 19.3 Å². The molecule has 0 radical (unpaired) electrons. The van der Waals surface area contributed by atoms with Crippen molar-refractivity contribution in [1.82, 2.24) is 5.32 Å². The number of allylic oxidation sites excluding steroid dienone is 1. The second-order valence-electron chi connectivity index (χ2n) is 4.42. The molecule has 0 saturated heterocycles. The molecule has 100 valence electrons. The molecule has 0 aromatic heterocycles. The number of benzene rings is 1. The van der Waals surface area contributed by atoms with Gasteiger partial charge in [0.05, 0.1) is 12.7 Å². The predicted octanol–water partition coefficient (Wildman–Crippen LogP) is 1.66. The smallest absolute Gasteiger partial charge is 0.333 e. The molecule has 0 saturated carbocycles. The van der Waals surface area contributed by atoms with Gasteiger partial charge in [-0.25, -0.2) is 4.79 Å². The first-order chi connectivity index (χ1) is 9.02. The van der Waals surface area contributed by atoms with Gasteiger partial charge in [-0.2, -0.15) is 0 Å². The Labute approximate surface area is 110 Å². The first-order valence-corrected chi connectivity index (χ1v) is 5.90. The molecule has 0 fully saturated rings. The molecule has 0 bridgehead atoms. The van der Waals surface area contributed by atoms with Crippen LogP contribution in [0, 0.1) is 0 Å². The van der Waals surface area contributed by atoms with Crippen molar-refractivity contribution < 1.29 is 19.4 Å². The summed E-state index contributed by atoms with van der Waals surface area (Å²) in [6.07, 6.45) is 0.144. The van der Waals surface area contributed by atoms with E-state index in [-0.39, 0.29) is 17.9 Å². The monoisotopic (exact) mass is 261 g/mol. The molecule has 5 heteroatoms. The zero-order chi connectivity index (χ0) is 14.0. The van der Waals surface area contributed by atoms with E-state index in [0.717, 1.165) is 5.56 Å². The Balaban J connectivity index is 2.42. The Morgan fingerprint density at radius 3 is 2.53 bits per heavy atom. The van der Waals surface area contributed by atoms with Gasteiger partial charge < -0.3 is 15.2 Å². The number of rotatable bonds is 3. The van der Waals surface area contributed by atoms with Gasteiger partial charge in [-0.15, -0.1) is 0 Å². The van der Waals surface area contributed by atoms with Crippen molar-refractivity contribution in [1.29, 1.82) is 0 Å². The Kier molecular flexibility index (Phi) is 3.55. The van der Waals surface area contributed by atoms with Crippen molar-refractivity contribution in [3.05, 3.63) is 41.1 Å². The summed E-state index contributed by atoms with van der Waals surface area (Å²) in [7, 11) is 1.57. The van der Waals surface area contributed by atoms with Gasteiger partial charge in [0.25, 0.3) is 0 Å². The molecule has 1 atom stereocenters. The summed E-state index contributed by atoms with van der Waals surface area (Å²) in [5.74, 6) is -0.889. The number of hydrogen-bond acceptors (Lipinski definition) is 3. The molecule has 1 amide bonds. The van der Waals surface area contributed by atoms with Crippen molar-refractivity contribution in [3.63, 3.8) is 0 Å². The minimum absolute atomic E-state index is 0.144. The van der Waals surface area contributed by atoms with Crippen LogP contribution in [-0.2, 0) is 9.59 Å². The Bertz CT molecular complexity index is 545. The number of carboxylic acids is 1. The van der Waals surface area contributed by atoms with E-state index in [1.165, 1.54) is 0 Å². The zero-order valence-electron chi connectivity index (χ0n) is 10.8. The van der Waals surface area contributed by atoms with E-state index in [9.17, 15) is 14.7 Å². The highest BCUT2D eigenvalue weighted by atomic mass is 16.5. The van der Waals surface area contributed by atoms with Gasteiger partial charge in [-0.3, -0.25) is 4.79 Å². The lowest BCUT2D eigenvalue weighted by atomic mass is 9.84. The summed E-state index contributed by atoms with van der Waals surface area (Å²) in [4.78, 5) is 22.9. The Morgan fingerprint density at radius 2 is 2.00 bits per heavy atom. The molecular weight excluding hydrogens is 246 g/mol. The van der Waals surface area contributed by atoms with Gasteiger partial charge in [-0.1, -0.05) is 12.1 Å². The molecule has 0 unspecified atom stereocenters. The lowest BCUT2D eigenvalue weighted by molar-refractivity contribution is -0.133. The number of aliphatic carboxylic acids is 1. The highest BCUT2D eigenvalue weighted by Crippen LogP contribution is 2.33. The summed E-state index contributed by atoms with van der Waals surface area (Å²) in [5, 5.41) is 11.9. The molecule has 1 aromatic carbocycles. The van der Waals surface area contributed by atoms with Gasteiger partial charge in [0.1, 0.15) is 5.75 Å². The van der Waals surface area contributed by atoms with Crippen LogP contribution in [0.25, 0.3) is 0 Å². The molecule has 0 spiro atoms. The lowest BCUT2D eigenvalue weighted by Gasteiger charge is -2.25. The average Bonchev–Trinajstić information content (AvgIpc) is 2.37. The number of amides is 1. The quantitative estimate of drug-likeness (QED) is 0.867. The van der Waals surface area contributed by atoms with Crippen LogP contribution in [0.15, 0.2) is 35.5 Å². The van der Waals surface area contributed by atoms with Gasteiger partial charge >= 0.3 is 5.97 Å². The van der Waals surface area contributed by atoms with E-state index in [1.54, 1.807) is 38.3 Å². The number of carboxylic acid groups (broad SMARTS) is 1. The minimum atomic E-state index is -1.00. The third-order valence-corrected chi connectivity index (χ3v) is 3.22. The summed E-state index contributed by atoms with van der Waals surface area (Å²) in [5.41, 5.74) is 1.45. The fraction of sp³-hybridized carbons (Fsp3) is 0.286. The molecule has 1 aromatic rings. The Morgan fingerprint density at radius 1 is 1.37 bits per heavy atom. The van der Waals surface area contributed by atoms with E-state index in [4.69, 9.17) is 4.74 Å². The highest BCUT2D eigenvalue weighted by molar-refractivity contribution is 5.94. The van der Waals surface area contributed by atoms with Crippen LogP contribution in [0.2, 0.25) is 0 Å². The molecule has 19 heavy (non-hydrogen) atoms. The van der Waals surface area contributed by atoms with Gasteiger partial charge in [0.15, 0.2) is 0 Å². The topological polar surface area (TPSA) is 75.6 Å². The van der Waals surface area contributed by atoms with Crippen LogP contribution in [0.3, 0.4) is 0 Å². The first kappa shape index (κ1) is 13.1. The molecule has 5 nitrogen and oxygen atoms in total. The first-order valence-electron chi connectivity index (χ1n) is 5.90. The lowest BCUT2D eigenvalue weighted by Crippen LogP contribution is -2.33. The third kappa shape index (κ3) is 2.59. The Hall–Kier alpha value is -2.30. The van der Waals surface area contributed by atoms with Crippen LogP contribution in [0.1, 0.15) is 24.8 Å². The van der Waals surface area contributed by atoms with E-state index in [2.05, 4.69) is 5.32 Å². The zero-order valence-corrected chi connectivity index (χ0v) is 10.8. The highest BCUT2D eigenvalue weighted by Gasteiger charge is 2.31. The van der Waals surface area contributed by atoms with E-state index >= 15 is 0 Å². The number of carbonyl (C=O) groups excluding carboxylic acids is 1. The van der Waals surface area contributed by atoms with E-state index in [0.29, 0.717) is 11.4 Å². The van der Waals surface area contributed by atoms with Crippen LogP contribution in [0.5, 0.6) is 5.75 Å². The predicted molar refractivity (Wildman–Crippen MR) is 68.8 cm³/mol. The second kappa shape index (κ2) is 5.14. The van der Waals surface area contributed by atoms with Crippen molar-refractivity contribution in [2.75, 3.05) is 7.11 Å². The molecular formula is C14H15NO4. The molecule has 1 heterocycles. The van der Waals surface area contributed by atoms with Crippen LogP contribution in [0.4, 0.5) is 0 Å². The van der Waals surface area contributed by atoms with Gasteiger partial charge in [0.2, 0.25) is 5.91 Å². The van der Waals surface area contributed by atoms with Crippen molar-refractivity contribution in [2.24, 2.45) is 0 Å². The fourth-order valence-electron chi connectivity index (χ4n) is 2.31. The maximum atomic E-state index is 11.6. The molecule has 0 aliphatic carbocycles. The molecule has 2 rings (SSSR count). The molecule has 1 aliphatic heterocycles. The van der Waals surface area contributed by atoms with Gasteiger partial charge in [-0.05, 0) is 24.6 Å².